The number of benzene rings is 1. The van der Waals surface area contributed by atoms with Crippen LogP contribution >= 0.6 is 15.9 Å². The van der Waals surface area contributed by atoms with Crippen LogP contribution < -0.4 is 10.6 Å². The third-order valence-electron chi connectivity index (χ3n) is 3.18. The second-order valence-corrected chi connectivity index (χ2v) is 7.10. The number of fused-ring (bicyclic) bond motifs is 1. The van der Waals surface area contributed by atoms with E-state index in [1.807, 2.05) is 39.0 Å². The molecule has 2 unspecified atom stereocenters. The Morgan fingerprint density at radius 1 is 1.48 bits per heavy atom. The molecular weight excluding hydrogens is 336 g/mol. The van der Waals surface area contributed by atoms with Gasteiger partial charge in [-0.2, -0.15) is 0 Å². The van der Waals surface area contributed by atoms with Gasteiger partial charge >= 0.3 is 6.09 Å². The molecule has 0 aliphatic carbocycles. The van der Waals surface area contributed by atoms with Crippen LogP contribution in [0.4, 0.5) is 10.5 Å². The molecule has 6 heteroatoms. The van der Waals surface area contributed by atoms with Gasteiger partial charge in [0.15, 0.2) is 0 Å². The van der Waals surface area contributed by atoms with Gasteiger partial charge in [0, 0.05) is 10.2 Å². The Morgan fingerprint density at radius 3 is 2.86 bits per heavy atom. The highest BCUT2D eigenvalue weighted by Gasteiger charge is 2.27. The summed E-state index contributed by atoms with van der Waals surface area (Å²) in [6.45, 7) is 5.42. The minimum Gasteiger partial charge on any atom is -0.444 e. The van der Waals surface area contributed by atoms with Crippen LogP contribution in [0.3, 0.4) is 0 Å². The molecule has 3 N–H and O–H groups in total. The van der Waals surface area contributed by atoms with E-state index in [4.69, 9.17) is 4.74 Å². The smallest absolute Gasteiger partial charge is 0.408 e. The van der Waals surface area contributed by atoms with Crippen LogP contribution in [0, 0.1) is 0 Å². The van der Waals surface area contributed by atoms with E-state index in [1.165, 1.54) is 0 Å². The van der Waals surface area contributed by atoms with Gasteiger partial charge in [0.1, 0.15) is 11.8 Å². The van der Waals surface area contributed by atoms with Gasteiger partial charge in [-0.15, -0.1) is 0 Å². The summed E-state index contributed by atoms with van der Waals surface area (Å²) in [6.07, 6.45) is 0.0383. The van der Waals surface area contributed by atoms with Crippen LogP contribution in [0.25, 0.3) is 0 Å². The van der Waals surface area contributed by atoms with Crippen molar-refractivity contribution < 1.29 is 14.6 Å². The molecule has 1 aromatic rings. The van der Waals surface area contributed by atoms with Crippen molar-refractivity contribution in [3.05, 3.63) is 28.2 Å². The van der Waals surface area contributed by atoms with Crippen LogP contribution in [0.5, 0.6) is 0 Å². The van der Waals surface area contributed by atoms with E-state index in [0.717, 1.165) is 22.1 Å². The number of ether oxygens (including phenoxy) is 1. The number of aryl methyl sites for hydroxylation is 1. The third-order valence-corrected chi connectivity index (χ3v) is 3.67. The van der Waals surface area contributed by atoms with Crippen molar-refractivity contribution in [1.82, 2.24) is 5.32 Å². The molecule has 0 spiro atoms. The average molecular weight is 357 g/mol. The zero-order valence-electron chi connectivity index (χ0n) is 12.4. The highest BCUT2D eigenvalue weighted by atomic mass is 79.9. The molecule has 2 atom stereocenters. The molecule has 5 nitrogen and oxygen atoms in total. The molecule has 0 bridgehead atoms. The predicted molar refractivity (Wildman–Crippen MR) is 85.3 cm³/mol. The molecule has 0 aromatic heterocycles. The van der Waals surface area contributed by atoms with Crippen molar-refractivity contribution in [3.8, 4) is 0 Å². The summed E-state index contributed by atoms with van der Waals surface area (Å²) in [5, 5.41) is 16.0. The molecule has 116 valence electrons. The Kier molecular flexibility index (Phi) is 4.78. The summed E-state index contributed by atoms with van der Waals surface area (Å²) in [6, 6.07) is 5.45. The molecular formula is C15H21BrN2O3. The highest BCUT2D eigenvalue weighted by molar-refractivity contribution is 9.10. The normalized spacial score (nSPS) is 21.8. The Balaban J connectivity index is 2.03. The van der Waals surface area contributed by atoms with E-state index >= 15 is 0 Å². The number of rotatable bonds is 1. The number of hydrogen-bond donors (Lipinski definition) is 3. The first-order chi connectivity index (χ1) is 9.74. The number of amides is 1. The lowest BCUT2D eigenvalue weighted by molar-refractivity contribution is 0.0440. The number of aliphatic hydroxyl groups is 1. The first-order valence-electron chi connectivity index (χ1n) is 6.97. The SMILES string of the molecule is CC(C)(C)OC(=O)NC1CCc2cc(Br)ccc2NC1O. The fraction of sp³-hybridized carbons (Fsp3) is 0.533. The van der Waals surface area contributed by atoms with Gasteiger partial charge < -0.3 is 20.5 Å². The Morgan fingerprint density at radius 2 is 2.19 bits per heavy atom. The Hall–Kier alpha value is -1.27. The lowest BCUT2D eigenvalue weighted by Crippen LogP contribution is -2.47. The van der Waals surface area contributed by atoms with Gasteiger partial charge in [-0.3, -0.25) is 0 Å². The number of hydrogen-bond acceptors (Lipinski definition) is 4. The van der Waals surface area contributed by atoms with Crippen molar-refractivity contribution >= 4 is 27.7 Å². The number of halogens is 1. The largest absolute Gasteiger partial charge is 0.444 e. The number of alkyl carbamates (subject to hydrolysis) is 1. The quantitative estimate of drug-likeness (QED) is 0.723. The van der Waals surface area contributed by atoms with Gasteiger partial charge in [0.2, 0.25) is 0 Å². The predicted octanol–water partition coefficient (Wildman–Crippen LogP) is 3.02. The highest BCUT2D eigenvalue weighted by Crippen LogP contribution is 2.26. The van der Waals surface area contributed by atoms with Crippen molar-refractivity contribution in [3.63, 3.8) is 0 Å². The van der Waals surface area contributed by atoms with Gasteiger partial charge in [-0.1, -0.05) is 15.9 Å². The van der Waals surface area contributed by atoms with E-state index in [-0.39, 0.29) is 0 Å². The van der Waals surface area contributed by atoms with E-state index in [0.29, 0.717) is 6.42 Å². The number of carbonyl (C=O) groups excluding carboxylic acids is 1. The van der Waals surface area contributed by atoms with Crippen LogP contribution in [0.2, 0.25) is 0 Å². The number of aliphatic hydroxyl groups excluding tert-OH is 1. The van der Waals surface area contributed by atoms with Crippen LogP contribution in [-0.2, 0) is 11.2 Å². The second kappa shape index (κ2) is 6.23. The number of nitrogens with one attached hydrogen (secondary N) is 2. The van der Waals surface area contributed by atoms with E-state index < -0.39 is 24.0 Å². The summed E-state index contributed by atoms with van der Waals surface area (Å²) in [4.78, 5) is 11.8. The summed E-state index contributed by atoms with van der Waals surface area (Å²) < 4.78 is 6.23. The van der Waals surface area contributed by atoms with E-state index in [2.05, 4.69) is 26.6 Å². The maximum absolute atomic E-state index is 11.8. The maximum atomic E-state index is 11.8. The zero-order valence-corrected chi connectivity index (χ0v) is 14.0. The first kappa shape index (κ1) is 16.1. The molecule has 0 saturated heterocycles. The maximum Gasteiger partial charge on any atom is 0.408 e. The first-order valence-corrected chi connectivity index (χ1v) is 7.76. The molecule has 21 heavy (non-hydrogen) atoms. The summed E-state index contributed by atoms with van der Waals surface area (Å²) in [5.74, 6) is 0. The van der Waals surface area contributed by atoms with Crippen molar-refractivity contribution in [2.75, 3.05) is 5.32 Å². The molecule has 2 rings (SSSR count). The van der Waals surface area contributed by atoms with Gasteiger partial charge in [-0.25, -0.2) is 4.79 Å². The lowest BCUT2D eigenvalue weighted by atomic mass is 10.1. The number of anilines is 1. The standard InChI is InChI=1S/C15H21BrN2O3/c1-15(2,3)21-14(20)18-12-6-4-9-8-10(16)5-7-11(9)17-13(12)19/h5,7-8,12-13,17,19H,4,6H2,1-3H3,(H,18,20). The van der Waals surface area contributed by atoms with Crippen molar-refractivity contribution in [1.29, 1.82) is 0 Å². The average Bonchev–Trinajstić information content (AvgIpc) is 2.48. The molecule has 1 aliphatic rings. The van der Waals surface area contributed by atoms with Crippen LogP contribution in [0.15, 0.2) is 22.7 Å². The van der Waals surface area contributed by atoms with Gasteiger partial charge in [0.25, 0.3) is 0 Å². The van der Waals surface area contributed by atoms with Crippen LogP contribution in [-0.4, -0.2) is 29.1 Å². The van der Waals surface area contributed by atoms with Crippen LogP contribution in [0.1, 0.15) is 32.8 Å². The number of carbonyl (C=O) groups is 1. The topological polar surface area (TPSA) is 70.6 Å². The summed E-state index contributed by atoms with van der Waals surface area (Å²) >= 11 is 3.44. The zero-order chi connectivity index (χ0) is 15.6. The monoisotopic (exact) mass is 356 g/mol. The lowest BCUT2D eigenvalue weighted by Gasteiger charge is -2.25. The molecule has 0 radical (unpaired) electrons. The van der Waals surface area contributed by atoms with Gasteiger partial charge in [-0.05, 0) is 57.4 Å². The Labute approximate surface area is 133 Å². The minimum absolute atomic E-state index is 0.397. The van der Waals surface area contributed by atoms with E-state index in [9.17, 15) is 9.90 Å². The second-order valence-electron chi connectivity index (χ2n) is 6.18. The molecule has 0 fully saturated rings. The summed E-state index contributed by atoms with van der Waals surface area (Å²) in [5.41, 5.74) is 1.44. The van der Waals surface area contributed by atoms with Crippen molar-refractivity contribution in [2.45, 2.75) is 51.5 Å². The third kappa shape index (κ3) is 4.61. The molecule has 1 heterocycles. The van der Waals surface area contributed by atoms with Crippen molar-refractivity contribution in [2.24, 2.45) is 0 Å². The molecule has 1 aromatic carbocycles. The van der Waals surface area contributed by atoms with Gasteiger partial charge in [0.05, 0.1) is 6.04 Å². The summed E-state index contributed by atoms with van der Waals surface area (Å²) in [7, 11) is 0. The van der Waals surface area contributed by atoms with E-state index in [1.54, 1.807) is 0 Å². The fourth-order valence-electron chi connectivity index (χ4n) is 2.25. The molecule has 1 aliphatic heterocycles. The fourth-order valence-corrected chi connectivity index (χ4v) is 2.66. The minimum atomic E-state index is -0.847. The Bertz CT molecular complexity index is 528. The molecule has 0 saturated carbocycles. The molecule has 1 amide bonds.